The predicted octanol–water partition coefficient (Wildman–Crippen LogP) is 2.33. The molecule has 7 heteroatoms. The molecule has 2 aliphatic heterocycles. The number of carbonyl (C=O) groups excluding carboxylic acids is 1. The van der Waals surface area contributed by atoms with Crippen LogP contribution in [-0.2, 0) is 16.0 Å². The topological polar surface area (TPSA) is 90.6 Å². The third-order valence-corrected chi connectivity index (χ3v) is 4.90. The lowest BCUT2D eigenvalue weighted by Crippen LogP contribution is -2.31. The summed E-state index contributed by atoms with van der Waals surface area (Å²) < 4.78 is 11.3. The smallest absolute Gasteiger partial charge is 0.320 e. The number of anilines is 2. The second kappa shape index (κ2) is 7.99. The van der Waals surface area contributed by atoms with Crippen molar-refractivity contribution in [3.63, 3.8) is 0 Å². The van der Waals surface area contributed by atoms with Gasteiger partial charge in [0.05, 0.1) is 12.5 Å². The maximum Gasteiger partial charge on any atom is 0.320 e. The molecule has 0 radical (unpaired) electrons. The van der Waals surface area contributed by atoms with Crippen LogP contribution in [0, 0.1) is 5.92 Å². The molecule has 3 rings (SSSR count). The summed E-state index contributed by atoms with van der Waals surface area (Å²) in [5.41, 5.74) is 6.78. The number of nitrogens with two attached hydrogens (primary N) is 1. The van der Waals surface area contributed by atoms with E-state index < -0.39 is 0 Å². The van der Waals surface area contributed by atoms with Gasteiger partial charge >= 0.3 is 6.01 Å². The zero-order valence-corrected chi connectivity index (χ0v) is 15.2. The minimum atomic E-state index is 0.0207. The summed E-state index contributed by atoms with van der Waals surface area (Å²) in [6.45, 7) is 6.36. The van der Waals surface area contributed by atoms with Crippen LogP contribution in [0.15, 0.2) is 0 Å². The fraction of sp³-hybridized carbons (Fsp3) is 0.722. The molecule has 25 heavy (non-hydrogen) atoms. The fourth-order valence-corrected chi connectivity index (χ4v) is 3.50. The molecule has 0 spiro atoms. The van der Waals surface area contributed by atoms with Gasteiger partial charge < -0.3 is 15.2 Å². The van der Waals surface area contributed by atoms with Crippen LogP contribution in [0.25, 0.3) is 0 Å². The molecule has 2 atom stereocenters. The number of fused-ring (bicyclic) bond motifs is 1. The molecule has 0 aromatic carbocycles. The van der Waals surface area contributed by atoms with E-state index in [0.29, 0.717) is 24.1 Å². The zero-order valence-electron chi connectivity index (χ0n) is 15.2. The predicted molar refractivity (Wildman–Crippen MR) is 95.7 cm³/mol. The molecule has 0 bridgehead atoms. The lowest BCUT2D eigenvalue weighted by atomic mass is 9.98. The van der Waals surface area contributed by atoms with Crippen LogP contribution in [0.2, 0.25) is 0 Å². The van der Waals surface area contributed by atoms with Gasteiger partial charge in [0.1, 0.15) is 11.6 Å². The molecule has 1 unspecified atom stereocenters. The number of aromatic nitrogens is 2. The molecule has 2 N–H and O–H groups in total. The van der Waals surface area contributed by atoms with E-state index in [0.717, 1.165) is 50.9 Å². The van der Waals surface area contributed by atoms with E-state index >= 15 is 0 Å². The molecular formula is C18H28N4O3. The first-order valence-corrected chi connectivity index (χ1v) is 9.29. The van der Waals surface area contributed by atoms with E-state index in [9.17, 15) is 4.79 Å². The van der Waals surface area contributed by atoms with Crippen LogP contribution in [0.5, 0.6) is 6.01 Å². The van der Waals surface area contributed by atoms with Crippen molar-refractivity contribution in [2.45, 2.75) is 58.5 Å². The number of nitrogen functional groups attached to an aromatic ring is 1. The summed E-state index contributed by atoms with van der Waals surface area (Å²) in [5.74, 6) is 1.50. The third kappa shape index (κ3) is 4.21. The van der Waals surface area contributed by atoms with Gasteiger partial charge in [0.2, 0.25) is 5.91 Å². The second-order valence-corrected chi connectivity index (χ2v) is 7.00. The Morgan fingerprint density at radius 3 is 3.00 bits per heavy atom. The Morgan fingerprint density at radius 1 is 1.44 bits per heavy atom. The number of hydrogen-bond donors (Lipinski definition) is 1. The highest BCUT2D eigenvalue weighted by atomic mass is 16.5. The highest BCUT2D eigenvalue weighted by molar-refractivity contribution is 6.01. The van der Waals surface area contributed by atoms with Crippen molar-refractivity contribution in [3.05, 3.63) is 5.56 Å². The van der Waals surface area contributed by atoms with Crippen molar-refractivity contribution in [3.8, 4) is 6.01 Å². The van der Waals surface area contributed by atoms with Crippen LogP contribution >= 0.6 is 0 Å². The standard InChI is InChI=1S/C18H28N4O3/c1-3-5-12(2)25-18-20-16(19)14-10-15(23)22(17(14)21-18)8-7-13-6-4-9-24-11-13/h12-13H,3-11H2,1-2H3,(H2,19,20,21)/t12-,13?/m1/s1. The number of ether oxygens (including phenoxy) is 2. The summed E-state index contributed by atoms with van der Waals surface area (Å²) in [4.78, 5) is 22.9. The highest BCUT2D eigenvalue weighted by Gasteiger charge is 2.32. The van der Waals surface area contributed by atoms with E-state index in [1.54, 1.807) is 4.90 Å². The SMILES string of the molecule is CCC[C@@H](C)Oc1nc(N)c2c(n1)N(CCC1CCCOC1)C(=O)C2. The molecule has 1 aromatic heterocycles. The molecule has 0 saturated carbocycles. The molecule has 1 saturated heterocycles. The van der Waals surface area contributed by atoms with Crippen molar-refractivity contribution < 1.29 is 14.3 Å². The number of rotatable bonds is 7. The number of carbonyl (C=O) groups is 1. The van der Waals surface area contributed by atoms with E-state index in [1.165, 1.54) is 0 Å². The first-order chi connectivity index (χ1) is 12.1. The van der Waals surface area contributed by atoms with Gasteiger partial charge in [-0.05, 0) is 38.5 Å². The summed E-state index contributed by atoms with van der Waals surface area (Å²) >= 11 is 0. The van der Waals surface area contributed by atoms with Crippen molar-refractivity contribution >= 4 is 17.5 Å². The van der Waals surface area contributed by atoms with Crippen LogP contribution in [0.3, 0.4) is 0 Å². The van der Waals surface area contributed by atoms with E-state index in [-0.39, 0.29) is 24.4 Å². The molecular weight excluding hydrogens is 320 g/mol. The highest BCUT2D eigenvalue weighted by Crippen LogP contribution is 2.33. The second-order valence-electron chi connectivity index (χ2n) is 7.00. The Labute approximate surface area is 148 Å². The molecule has 2 aliphatic rings. The van der Waals surface area contributed by atoms with E-state index in [4.69, 9.17) is 15.2 Å². The van der Waals surface area contributed by atoms with Gasteiger partial charge in [0.25, 0.3) is 0 Å². The molecule has 138 valence electrons. The average Bonchev–Trinajstić information content (AvgIpc) is 2.90. The van der Waals surface area contributed by atoms with Crippen LogP contribution < -0.4 is 15.4 Å². The van der Waals surface area contributed by atoms with Crippen LogP contribution in [-0.4, -0.2) is 41.7 Å². The van der Waals surface area contributed by atoms with Gasteiger partial charge in [-0.3, -0.25) is 9.69 Å². The molecule has 1 aromatic rings. The molecule has 7 nitrogen and oxygen atoms in total. The fourth-order valence-electron chi connectivity index (χ4n) is 3.50. The lowest BCUT2D eigenvalue weighted by Gasteiger charge is -2.24. The molecule has 1 fully saturated rings. The summed E-state index contributed by atoms with van der Waals surface area (Å²) in [7, 11) is 0. The van der Waals surface area contributed by atoms with Crippen molar-refractivity contribution in [2.75, 3.05) is 30.4 Å². The summed E-state index contributed by atoms with van der Waals surface area (Å²) in [6, 6.07) is 0.262. The van der Waals surface area contributed by atoms with Crippen molar-refractivity contribution in [1.82, 2.24) is 9.97 Å². The number of nitrogens with zero attached hydrogens (tertiary/aromatic N) is 3. The Kier molecular flexibility index (Phi) is 5.73. The summed E-state index contributed by atoms with van der Waals surface area (Å²) in [5, 5.41) is 0. The molecule has 1 amide bonds. The van der Waals surface area contributed by atoms with Crippen molar-refractivity contribution in [2.24, 2.45) is 5.92 Å². The lowest BCUT2D eigenvalue weighted by molar-refractivity contribution is -0.117. The van der Waals surface area contributed by atoms with Gasteiger partial charge in [-0.15, -0.1) is 0 Å². The first kappa shape index (κ1) is 17.9. The van der Waals surface area contributed by atoms with Gasteiger partial charge in [-0.2, -0.15) is 9.97 Å². The Balaban J connectivity index is 1.72. The number of amides is 1. The van der Waals surface area contributed by atoms with Gasteiger partial charge in [-0.25, -0.2) is 0 Å². The Hall–Kier alpha value is -1.89. The summed E-state index contributed by atoms with van der Waals surface area (Å²) in [6.07, 6.45) is 5.40. The quantitative estimate of drug-likeness (QED) is 0.813. The molecule has 0 aliphatic carbocycles. The van der Waals surface area contributed by atoms with Crippen molar-refractivity contribution in [1.29, 1.82) is 0 Å². The largest absolute Gasteiger partial charge is 0.460 e. The maximum atomic E-state index is 12.4. The maximum absolute atomic E-state index is 12.4. The average molecular weight is 348 g/mol. The monoisotopic (exact) mass is 348 g/mol. The third-order valence-electron chi connectivity index (χ3n) is 4.90. The zero-order chi connectivity index (χ0) is 17.8. The Morgan fingerprint density at radius 2 is 2.28 bits per heavy atom. The normalized spacial score (nSPS) is 21.3. The van der Waals surface area contributed by atoms with Gasteiger partial charge in [-0.1, -0.05) is 13.3 Å². The van der Waals surface area contributed by atoms with Gasteiger partial charge in [0, 0.05) is 25.3 Å². The minimum Gasteiger partial charge on any atom is -0.460 e. The van der Waals surface area contributed by atoms with Crippen LogP contribution in [0.1, 0.15) is 51.5 Å². The van der Waals surface area contributed by atoms with E-state index in [1.807, 2.05) is 6.92 Å². The minimum absolute atomic E-state index is 0.0207. The van der Waals surface area contributed by atoms with Crippen LogP contribution in [0.4, 0.5) is 11.6 Å². The molecule has 3 heterocycles. The number of hydrogen-bond acceptors (Lipinski definition) is 6. The first-order valence-electron chi connectivity index (χ1n) is 9.29. The van der Waals surface area contributed by atoms with Gasteiger partial charge in [0.15, 0.2) is 0 Å². The Bertz CT molecular complexity index is 617. The van der Waals surface area contributed by atoms with E-state index in [2.05, 4.69) is 16.9 Å².